The summed E-state index contributed by atoms with van der Waals surface area (Å²) in [6.07, 6.45) is 0.716. The Balaban J connectivity index is 2.64. The molecular formula is C12H16BrClN2OS. The second-order valence-electron chi connectivity index (χ2n) is 3.71. The van der Waals surface area contributed by atoms with Crippen molar-refractivity contribution in [2.24, 2.45) is 5.73 Å². The highest BCUT2D eigenvalue weighted by atomic mass is 79.9. The van der Waals surface area contributed by atoms with E-state index in [1.54, 1.807) is 17.8 Å². The summed E-state index contributed by atoms with van der Waals surface area (Å²) in [5.74, 6) is 1.61. The molecule has 0 saturated carbocycles. The van der Waals surface area contributed by atoms with Gasteiger partial charge in [-0.05, 0) is 52.1 Å². The highest BCUT2D eigenvalue weighted by Crippen LogP contribution is 2.26. The van der Waals surface area contributed by atoms with E-state index in [2.05, 4.69) is 28.2 Å². The predicted molar refractivity (Wildman–Crippen MR) is 83.4 cm³/mol. The molecule has 0 aliphatic heterocycles. The summed E-state index contributed by atoms with van der Waals surface area (Å²) in [6.45, 7) is 2.09. The van der Waals surface area contributed by atoms with E-state index >= 15 is 0 Å². The van der Waals surface area contributed by atoms with Crippen molar-refractivity contribution >= 4 is 50.9 Å². The molecule has 1 atom stereocenters. The second-order valence-corrected chi connectivity index (χ2v) is 6.37. The number of anilines is 1. The number of nitrogens with two attached hydrogens (primary N) is 1. The maximum absolute atomic E-state index is 11.4. The van der Waals surface area contributed by atoms with Gasteiger partial charge < -0.3 is 11.1 Å². The Labute approximate surface area is 125 Å². The summed E-state index contributed by atoms with van der Waals surface area (Å²) in [4.78, 5) is 11.4. The number of halogens is 2. The first-order chi connectivity index (χ1) is 8.54. The van der Waals surface area contributed by atoms with Crippen molar-refractivity contribution in [2.45, 2.75) is 19.4 Å². The lowest BCUT2D eigenvalue weighted by molar-refractivity contribution is -0.118. The van der Waals surface area contributed by atoms with Gasteiger partial charge in [0, 0.05) is 10.2 Å². The van der Waals surface area contributed by atoms with Crippen LogP contribution in [0.3, 0.4) is 0 Å². The molecule has 18 heavy (non-hydrogen) atoms. The first-order valence-corrected chi connectivity index (χ1v) is 7.95. The third-order valence-corrected chi connectivity index (χ3v) is 4.51. The Morgan fingerprint density at radius 2 is 2.33 bits per heavy atom. The van der Waals surface area contributed by atoms with Crippen molar-refractivity contribution in [3.05, 3.63) is 27.7 Å². The number of hydrogen-bond acceptors (Lipinski definition) is 3. The van der Waals surface area contributed by atoms with E-state index in [0.29, 0.717) is 11.4 Å². The van der Waals surface area contributed by atoms with E-state index in [-0.39, 0.29) is 11.9 Å². The van der Waals surface area contributed by atoms with Crippen LogP contribution in [0.25, 0.3) is 0 Å². The molecule has 0 bridgehead atoms. The first-order valence-electron chi connectivity index (χ1n) is 5.63. The Morgan fingerprint density at radius 3 is 2.89 bits per heavy atom. The molecule has 1 rings (SSSR count). The maximum Gasteiger partial charge on any atom is 0.239 e. The zero-order valence-corrected chi connectivity index (χ0v) is 13.2. The minimum atomic E-state index is -0.350. The lowest BCUT2D eigenvalue weighted by atomic mass is 10.2. The molecule has 6 heteroatoms. The number of hydrogen-bond donors (Lipinski definition) is 2. The summed E-state index contributed by atoms with van der Waals surface area (Å²) in [6, 6.07) is 5.09. The van der Waals surface area contributed by atoms with Gasteiger partial charge in [-0.1, -0.05) is 18.5 Å². The van der Waals surface area contributed by atoms with E-state index in [4.69, 9.17) is 17.3 Å². The van der Waals surface area contributed by atoms with Crippen molar-refractivity contribution in [1.29, 1.82) is 0 Å². The number of rotatable bonds is 7. The van der Waals surface area contributed by atoms with Gasteiger partial charge in [-0.3, -0.25) is 4.79 Å². The fourth-order valence-electron chi connectivity index (χ4n) is 1.42. The molecule has 0 radical (unpaired) electrons. The molecule has 0 fully saturated rings. The molecule has 0 saturated heterocycles. The van der Waals surface area contributed by atoms with Crippen LogP contribution in [0.2, 0.25) is 5.02 Å². The first kappa shape index (κ1) is 15.7. The van der Waals surface area contributed by atoms with Crippen LogP contribution in [0, 0.1) is 0 Å². The summed E-state index contributed by atoms with van der Waals surface area (Å²) in [5, 5.41) is 3.77. The van der Waals surface area contributed by atoms with Gasteiger partial charge in [0.05, 0.1) is 5.02 Å². The number of nitrogens with one attached hydrogen (secondary N) is 1. The Morgan fingerprint density at radius 1 is 1.61 bits per heavy atom. The van der Waals surface area contributed by atoms with Gasteiger partial charge in [0.25, 0.3) is 0 Å². The summed E-state index contributed by atoms with van der Waals surface area (Å²) in [7, 11) is 0. The standard InChI is InChI=1S/C12H16BrClN2OS/c1-2-18-6-5-11(12(15)17)16-8-3-4-10(14)9(13)7-8/h3-4,7,11,16H,2,5-6H2,1H3,(H2,15,17). The van der Waals surface area contributed by atoms with Crippen LogP contribution in [0.4, 0.5) is 5.69 Å². The van der Waals surface area contributed by atoms with Crippen LogP contribution in [0.15, 0.2) is 22.7 Å². The fourth-order valence-corrected chi connectivity index (χ4v) is 2.61. The Kier molecular flexibility index (Phi) is 6.89. The van der Waals surface area contributed by atoms with Crippen LogP contribution in [-0.2, 0) is 4.79 Å². The van der Waals surface area contributed by atoms with Crippen molar-refractivity contribution in [2.75, 3.05) is 16.8 Å². The zero-order chi connectivity index (χ0) is 13.5. The molecule has 3 nitrogen and oxygen atoms in total. The molecule has 0 spiro atoms. The molecule has 0 aromatic heterocycles. The maximum atomic E-state index is 11.4. The number of benzene rings is 1. The largest absolute Gasteiger partial charge is 0.374 e. The second kappa shape index (κ2) is 7.92. The predicted octanol–water partition coefficient (Wildman–Crippen LogP) is 3.51. The molecular weight excluding hydrogens is 336 g/mol. The van der Waals surface area contributed by atoms with E-state index in [1.165, 1.54) is 0 Å². The highest BCUT2D eigenvalue weighted by Gasteiger charge is 2.14. The van der Waals surface area contributed by atoms with Gasteiger partial charge in [0.15, 0.2) is 0 Å². The van der Waals surface area contributed by atoms with Gasteiger partial charge in [0.2, 0.25) is 5.91 Å². The van der Waals surface area contributed by atoms with Gasteiger partial charge in [-0.25, -0.2) is 0 Å². The van der Waals surface area contributed by atoms with Crippen molar-refractivity contribution < 1.29 is 4.79 Å². The fraction of sp³-hybridized carbons (Fsp3) is 0.417. The highest BCUT2D eigenvalue weighted by molar-refractivity contribution is 9.10. The smallest absolute Gasteiger partial charge is 0.239 e. The lowest BCUT2D eigenvalue weighted by Crippen LogP contribution is -2.35. The average molecular weight is 352 g/mol. The van der Waals surface area contributed by atoms with Gasteiger partial charge in [-0.2, -0.15) is 11.8 Å². The molecule has 1 amide bonds. The lowest BCUT2D eigenvalue weighted by Gasteiger charge is -2.16. The van der Waals surface area contributed by atoms with E-state index in [1.807, 2.05) is 12.1 Å². The average Bonchev–Trinajstić information content (AvgIpc) is 2.32. The summed E-state index contributed by atoms with van der Waals surface area (Å²) in [5.41, 5.74) is 6.22. The third-order valence-electron chi connectivity index (χ3n) is 2.36. The third kappa shape index (κ3) is 5.08. The molecule has 0 heterocycles. The molecule has 100 valence electrons. The summed E-state index contributed by atoms with van der Waals surface area (Å²) >= 11 is 11.0. The topological polar surface area (TPSA) is 55.1 Å². The number of amides is 1. The van der Waals surface area contributed by atoms with Gasteiger partial charge in [-0.15, -0.1) is 0 Å². The van der Waals surface area contributed by atoms with Gasteiger partial charge >= 0.3 is 0 Å². The monoisotopic (exact) mass is 350 g/mol. The number of primary amides is 1. The van der Waals surface area contributed by atoms with Crippen molar-refractivity contribution in [3.63, 3.8) is 0 Å². The van der Waals surface area contributed by atoms with Crippen molar-refractivity contribution in [3.8, 4) is 0 Å². The van der Waals surface area contributed by atoms with Crippen molar-refractivity contribution in [1.82, 2.24) is 0 Å². The van der Waals surface area contributed by atoms with Crippen LogP contribution in [0.1, 0.15) is 13.3 Å². The molecule has 0 aliphatic rings. The Hall–Kier alpha value is -0.390. The normalized spacial score (nSPS) is 12.2. The number of carbonyl (C=O) groups is 1. The zero-order valence-electron chi connectivity index (χ0n) is 10.1. The van der Waals surface area contributed by atoms with E-state index in [0.717, 1.165) is 21.7 Å². The van der Waals surface area contributed by atoms with Crippen LogP contribution in [-0.4, -0.2) is 23.5 Å². The van der Waals surface area contributed by atoms with Gasteiger partial charge in [0.1, 0.15) is 6.04 Å². The quantitative estimate of drug-likeness (QED) is 0.739. The molecule has 1 unspecified atom stereocenters. The van der Waals surface area contributed by atoms with E-state index < -0.39 is 0 Å². The Bertz CT molecular complexity index is 417. The van der Waals surface area contributed by atoms with Crippen LogP contribution < -0.4 is 11.1 Å². The van der Waals surface area contributed by atoms with Crippen LogP contribution in [0.5, 0.6) is 0 Å². The van der Waals surface area contributed by atoms with Crippen LogP contribution >= 0.6 is 39.3 Å². The summed E-state index contributed by atoms with van der Waals surface area (Å²) < 4.78 is 0.792. The molecule has 0 aliphatic carbocycles. The molecule has 1 aromatic rings. The minimum Gasteiger partial charge on any atom is -0.374 e. The number of carbonyl (C=O) groups excluding carboxylic acids is 1. The molecule has 1 aromatic carbocycles. The number of thioether (sulfide) groups is 1. The minimum absolute atomic E-state index is 0.335. The molecule has 3 N–H and O–H groups in total. The van der Waals surface area contributed by atoms with E-state index in [9.17, 15) is 4.79 Å². The SMILES string of the molecule is CCSCCC(Nc1ccc(Cl)c(Br)c1)C(N)=O.